The van der Waals surface area contributed by atoms with Gasteiger partial charge < -0.3 is 68.5 Å². The molecule has 2 fully saturated rings. The van der Waals surface area contributed by atoms with Gasteiger partial charge in [0.2, 0.25) is 47.3 Å². The normalized spacial score (nSPS) is 19.3. The predicted molar refractivity (Wildman–Crippen MR) is 238 cm³/mol. The molecule has 22 heteroatoms. The van der Waals surface area contributed by atoms with E-state index in [9.17, 15) is 58.5 Å². The summed E-state index contributed by atoms with van der Waals surface area (Å²) in [5.41, 5.74) is 5.65. The minimum absolute atomic E-state index is 0.0386. The molecule has 2 heterocycles. The quantitative estimate of drug-likeness (QED) is 0.0361. The smallest absolute Gasteiger partial charge is 0.326 e. The Labute approximate surface area is 381 Å². The summed E-state index contributed by atoms with van der Waals surface area (Å²) < 4.78 is 0. The number of carboxylic acid groups (broad SMARTS) is 1. The number of unbranched alkanes of at least 4 members (excludes halogenated alkanes) is 1. The van der Waals surface area contributed by atoms with Crippen LogP contribution in [0.1, 0.15) is 113 Å². The van der Waals surface area contributed by atoms with Gasteiger partial charge in [-0.2, -0.15) is 0 Å². The molecule has 370 valence electrons. The van der Waals surface area contributed by atoms with E-state index in [2.05, 4.69) is 42.5 Å². The summed E-state index contributed by atoms with van der Waals surface area (Å²) in [6, 6.07) is -9.16. The van der Waals surface area contributed by atoms with Crippen molar-refractivity contribution in [2.24, 2.45) is 23.5 Å². The molecular weight excluding hydrogens is 849 g/mol. The van der Waals surface area contributed by atoms with Crippen LogP contribution in [0.25, 0.3) is 0 Å². The van der Waals surface area contributed by atoms with Gasteiger partial charge in [-0.15, -0.1) is 0 Å². The molecule has 13 N–H and O–H groups in total. The monoisotopic (exact) mass is 925 g/mol. The highest BCUT2D eigenvalue weighted by atomic mass is 16.4. The number of nitrogens with one attached hydrogen (secondary N) is 8. The fourth-order valence-electron chi connectivity index (χ4n) is 7.73. The van der Waals surface area contributed by atoms with E-state index in [1.165, 1.54) is 11.8 Å². The van der Waals surface area contributed by atoms with Crippen molar-refractivity contribution in [1.29, 1.82) is 0 Å². The number of nitrogens with two attached hydrogens (primary N) is 1. The molecule has 2 saturated heterocycles. The minimum Gasteiger partial charge on any atom is -0.480 e. The Hall–Kier alpha value is -4.93. The molecule has 0 spiro atoms. The second kappa shape index (κ2) is 28.2. The molecule has 0 unspecified atom stereocenters. The third-order valence-corrected chi connectivity index (χ3v) is 11.1. The standard InChI is InChI=1S/C43H76N10O12/c1-23(2)18-29(38(59)49-30(19-24(3)4)39(60)48-28(12-8-9-15-44)37(58)50-31(43(64)65)20-25(5)6)47-34(56)21-46-40(61)33-14-11-17-53(33)42(63)32(22-54)51-41(62)35(26(7)55)52-36(57)27-13-10-16-45-27/h23-33,35,45,54-55H,8-22,44H2,1-7H3,(H,46,61)(H,47,56)(H,48,60)(H,49,59)(H,50,58)(H,51,62)(H,52,57)(H,64,65)/t26-,27+,28+,29+,30+,31+,32+,33+,35+/m1/s1. The SMILES string of the molecule is CC(C)C[C@H](NC(=O)[C@H](CCCCN)NC(=O)[C@H](CC(C)C)NC(=O)[C@H](CC(C)C)NC(=O)CNC(=O)[C@@H]1CCCN1C(=O)[C@H](CO)NC(=O)[C@@H](NC(=O)[C@@H]1CCCN1)[C@@H](C)O)C(=O)O. The van der Waals surface area contributed by atoms with Crippen molar-refractivity contribution in [3.63, 3.8) is 0 Å². The first-order valence-corrected chi connectivity index (χ1v) is 22.9. The van der Waals surface area contributed by atoms with Crippen LogP contribution in [0.4, 0.5) is 0 Å². The number of aliphatic carboxylic acids is 1. The first kappa shape index (κ1) is 56.2. The summed E-state index contributed by atoms with van der Waals surface area (Å²) in [5, 5.41) is 51.0. The van der Waals surface area contributed by atoms with Crippen molar-refractivity contribution in [3.05, 3.63) is 0 Å². The zero-order valence-corrected chi connectivity index (χ0v) is 39.1. The van der Waals surface area contributed by atoms with Crippen LogP contribution in [-0.2, 0) is 43.2 Å². The number of carbonyl (C=O) groups is 9. The summed E-state index contributed by atoms with van der Waals surface area (Å²) >= 11 is 0. The van der Waals surface area contributed by atoms with Gasteiger partial charge in [0.1, 0.15) is 42.3 Å². The van der Waals surface area contributed by atoms with Gasteiger partial charge in [0.25, 0.3) is 0 Å². The number of likely N-dealkylation sites (tertiary alicyclic amines) is 1. The number of carboxylic acids is 1. The van der Waals surface area contributed by atoms with Gasteiger partial charge in [-0.3, -0.25) is 38.4 Å². The molecule has 8 amide bonds. The lowest BCUT2D eigenvalue weighted by Crippen LogP contribution is -2.61. The average Bonchev–Trinajstić information content (AvgIpc) is 3.96. The van der Waals surface area contributed by atoms with Crippen LogP contribution < -0.4 is 48.3 Å². The highest BCUT2D eigenvalue weighted by molar-refractivity contribution is 5.97. The number of carbonyl (C=O) groups excluding carboxylic acids is 8. The molecule has 0 saturated carbocycles. The molecule has 0 aromatic carbocycles. The number of aliphatic hydroxyl groups is 2. The van der Waals surface area contributed by atoms with E-state index < -0.39 is 121 Å². The first-order valence-electron chi connectivity index (χ1n) is 22.9. The number of aliphatic hydroxyl groups excluding tert-OH is 2. The largest absolute Gasteiger partial charge is 0.480 e. The number of rotatable bonds is 28. The highest BCUT2D eigenvalue weighted by Gasteiger charge is 2.40. The van der Waals surface area contributed by atoms with Gasteiger partial charge >= 0.3 is 5.97 Å². The van der Waals surface area contributed by atoms with Gasteiger partial charge in [0.05, 0.1) is 25.3 Å². The van der Waals surface area contributed by atoms with Gasteiger partial charge in [0, 0.05) is 6.54 Å². The Morgan fingerprint density at radius 3 is 1.72 bits per heavy atom. The van der Waals surface area contributed by atoms with Crippen LogP contribution in [0.3, 0.4) is 0 Å². The lowest BCUT2D eigenvalue weighted by molar-refractivity contribution is -0.143. The minimum atomic E-state index is -1.52. The maximum atomic E-state index is 13.8. The molecule has 22 nitrogen and oxygen atoms in total. The van der Waals surface area contributed by atoms with E-state index in [-0.39, 0.29) is 56.4 Å². The van der Waals surface area contributed by atoms with Gasteiger partial charge in [-0.1, -0.05) is 41.5 Å². The molecule has 0 aliphatic carbocycles. The van der Waals surface area contributed by atoms with E-state index in [1.807, 2.05) is 41.5 Å². The van der Waals surface area contributed by atoms with Gasteiger partial charge in [0.15, 0.2) is 0 Å². The Morgan fingerprint density at radius 1 is 0.662 bits per heavy atom. The van der Waals surface area contributed by atoms with Crippen LogP contribution in [0.15, 0.2) is 0 Å². The topological polar surface area (TPSA) is 340 Å². The molecule has 0 radical (unpaired) electrons. The predicted octanol–water partition coefficient (Wildman–Crippen LogP) is -2.52. The molecule has 9 atom stereocenters. The average molecular weight is 925 g/mol. The van der Waals surface area contributed by atoms with Gasteiger partial charge in [-0.05, 0) is 102 Å². The van der Waals surface area contributed by atoms with Crippen LogP contribution >= 0.6 is 0 Å². The first-order chi connectivity index (χ1) is 30.6. The summed E-state index contributed by atoms with van der Waals surface area (Å²) in [6.45, 7) is 11.9. The number of hydrogen-bond acceptors (Lipinski definition) is 13. The van der Waals surface area contributed by atoms with Crippen LogP contribution in [0, 0.1) is 17.8 Å². The molecular formula is C43H76N10O12. The van der Waals surface area contributed by atoms with Crippen molar-refractivity contribution < 1.29 is 58.5 Å². The number of hydrogen-bond donors (Lipinski definition) is 12. The van der Waals surface area contributed by atoms with E-state index in [0.29, 0.717) is 38.8 Å². The zero-order valence-electron chi connectivity index (χ0n) is 39.1. The van der Waals surface area contributed by atoms with Crippen molar-refractivity contribution in [2.45, 2.75) is 167 Å². The number of amides is 8. The zero-order chi connectivity index (χ0) is 49.0. The fraction of sp³-hybridized carbons (Fsp3) is 0.791. The molecule has 2 aliphatic heterocycles. The van der Waals surface area contributed by atoms with Crippen LogP contribution in [-0.4, -0.2) is 161 Å². The van der Waals surface area contributed by atoms with Gasteiger partial charge in [-0.25, -0.2) is 4.79 Å². The lowest BCUT2D eigenvalue weighted by Gasteiger charge is -2.29. The third kappa shape index (κ3) is 19.2. The highest BCUT2D eigenvalue weighted by Crippen LogP contribution is 2.19. The van der Waals surface area contributed by atoms with Crippen molar-refractivity contribution in [3.8, 4) is 0 Å². The molecule has 0 aromatic rings. The number of nitrogens with zero attached hydrogens (tertiary/aromatic N) is 1. The summed E-state index contributed by atoms with van der Waals surface area (Å²) in [6.07, 6.45) is 2.21. The lowest BCUT2D eigenvalue weighted by atomic mass is 9.99. The maximum Gasteiger partial charge on any atom is 0.326 e. The molecule has 0 aromatic heterocycles. The van der Waals surface area contributed by atoms with Crippen LogP contribution in [0.5, 0.6) is 0 Å². The fourth-order valence-corrected chi connectivity index (χ4v) is 7.73. The van der Waals surface area contributed by atoms with Crippen molar-refractivity contribution in [2.75, 3.05) is 32.8 Å². The Bertz CT molecular complexity index is 1620. The molecule has 65 heavy (non-hydrogen) atoms. The second-order valence-electron chi connectivity index (χ2n) is 18.3. The maximum absolute atomic E-state index is 13.8. The Kier molecular flexibility index (Phi) is 24.4. The van der Waals surface area contributed by atoms with E-state index >= 15 is 0 Å². The molecule has 2 aliphatic rings. The van der Waals surface area contributed by atoms with Crippen molar-refractivity contribution in [1.82, 2.24) is 47.4 Å². The summed E-state index contributed by atoms with van der Waals surface area (Å²) in [5.74, 6) is -7.17. The van der Waals surface area contributed by atoms with E-state index in [4.69, 9.17) is 5.73 Å². The van der Waals surface area contributed by atoms with E-state index in [0.717, 1.165) is 6.42 Å². The van der Waals surface area contributed by atoms with E-state index in [1.54, 1.807) is 0 Å². The Morgan fingerprint density at radius 2 is 1.20 bits per heavy atom. The second-order valence-corrected chi connectivity index (χ2v) is 18.3. The molecule has 0 bridgehead atoms. The third-order valence-electron chi connectivity index (χ3n) is 11.1. The Balaban J connectivity index is 2.12. The van der Waals surface area contributed by atoms with Crippen molar-refractivity contribution >= 4 is 53.2 Å². The molecule has 2 rings (SSSR count). The van der Waals surface area contributed by atoms with Crippen LogP contribution in [0.2, 0.25) is 0 Å². The summed E-state index contributed by atoms with van der Waals surface area (Å²) in [4.78, 5) is 120. The summed E-state index contributed by atoms with van der Waals surface area (Å²) in [7, 11) is 0.